The monoisotopic (exact) mass is 164 g/mol. The second kappa shape index (κ2) is 3.90. The molecule has 0 aromatic heterocycles. The van der Waals surface area contributed by atoms with Crippen LogP contribution in [0.3, 0.4) is 0 Å². The van der Waals surface area contributed by atoms with Crippen molar-refractivity contribution < 1.29 is 9.53 Å². The molecule has 64 valence electrons. The van der Waals surface area contributed by atoms with E-state index in [1.165, 1.54) is 11.1 Å². The quantitative estimate of drug-likeness (QED) is 0.637. The highest BCUT2D eigenvalue weighted by Crippen LogP contribution is 2.15. The Morgan fingerprint density at radius 2 is 2.08 bits per heavy atom. The fourth-order valence-electron chi connectivity index (χ4n) is 0.934. The zero-order valence-corrected chi connectivity index (χ0v) is 7.33. The van der Waals surface area contributed by atoms with Crippen molar-refractivity contribution in [2.75, 3.05) is 6.61 Å². The molecule has 0 radical (unpaired) electrons. The Bertz CT molecular complexity index is 279. The van der Waals surface area contributed by atoms with Crippen molar-refractivity contribution in [1.29, 1.82) is 0 Å². The number of carbonyl (C=O) groups excluding carboxylic acids is 1. The Hall–Kier alpha value is -1.31. The van der Waals surface area contributed by atoms with E-state index in [4.69, 9.17) is 4.74 Å². The van der Waals surface area contributed by atoms with Crippen LogP contribution < -0.4 is 4.74 Å². The Balaban J connectivity index is 2.75. The molecule has 2 nitrogen and oxygen atoms in total. The molecule has 0 saturated carbocycles. The molecule has 0 amide bonds. The van der Waals surface area contributed by atoms with Gasteiger partial charge in [-0.25, -0.2) is 0 Å². The van der Waals surface area contributed by atoms with E-state index in [2.05, 4.69) is 0 Å². The second-order valence-corrected chi connectivity index (χ2v) is 2.72. The molecule has 0 aliphatic rings. The number of ether oxygens (including phenoxy) is 1. The molecule has 0 saturated heterocycles. The number of hydrogen-bond donors (Lipinski definition) is 0. The normalized spacial score (nSPS) is 9.50. The zero-order valence-electron chi connectivity index (χ0n) is 7.33. The summed E-state index contributed by atoms with van der Waals surface area (Å²) in [7, 11) is 0. The fraction of sp³-hybridized carbons (Fsp3) is 0.300. The van der Waals surface area contributed by atoms with E-state index in [1.54, 1.807) is 0 Å². The minimum Gasteiger partial charge on any atom is -0.486 e. The first-order valence-corrected chi connectivity index (χ1v) is 3.87. The van der Waals surface area contributed by atoms with Gasteiger partial charge in [0.1, 0.15) is 12.4 Å². The maximum Gasteiger partial charge on any atom is 0.157 e. The van der Waals surface area contributed by atoms with Crippen molar-refractivity contribution >= 4 is 6.29 Å². The molecule has 1 rings (SSSR count). The van der Waals surface area contributed by atoms with Crippen LogP contribution in [0.5, 0.6) is 5.75 Å². The van der Waals surface area contributed by atoms with Crippen LogP contribution in [0.2, 0.25) is 0 Å². The number of rotatable bonds is 3. The summed E-state index contributed by atoms with van der Waals surface area (Å²) in [6.07, 6.45) is 0.745. The average molecular weight is 164 g/mol. The van der Waals surface area contributed by atoms with Gasteiger partial charge < -0.3 is 4.74 Å². The van der Waals surface area contributed by atoms with Gasteiger partial charge >= 0.3 is 0 Å². The predicted molar refractivity (Wildman–Crippen MR) is 47.5 cm³/mol. The number of hydrogen-bond acceptors (Lipinski definition) is 2. The molecule has 0 aliphatic heterocycles. The van der Waals surface area contributed by atoms with Gasteiger partial charge in [-0.2, -0.15) is 0 Å². The molecule has 0 heterocycles. The van der Waals surface area contributed by atoms with Gasteiger partial charge in [-0.05, 0) is 37.1 Å². The minimum atomic E-state index is 0.127. The molecule has 0 unspecified atom stereocenters. The summed E-state index contributed by atoms with van der Waals surface area (Å²) in [4.78, 5) is 10.0. The van der Waals surface area contributed by atoms with Gasteiger partial charge in [0, 0.05) is 0 Å². The Kier molecular flexibility index (Phi) is 2.86. The third kappa shape index (κ3) is 2.09. The van der Waals surface area contributed by atoms with Crippen molar-refractivity contribution in [3.63, 3.8) is 0 Å². The van der Waals surface area contributed by atoms with Crippen LogP contribution >= 0.6 is 0 Å². The van der Waals surface area contributed by atoms with E-state index in [9.17, 15) is 4.79 Å². The Labute approximate surface area is 72.2 Å². The average Bonchev–Trinajstić information content (AvgIpc) is 2.07. The van der Waals surface area contributed by atoms with Gasteiger partial charge in [-0.15, -0.1) is 0 Å². The molecule has 0 aliphatic carbocycles. The molecule has 1 aromatic rings. The topological polar surface area (TPSA) is 26.3 Å². The largest absolute Gasteiger partial charge is 0.486 e. The molecule has 0 spiro atoms. The van der Waals surface area contributed by atoms with Crippen molar-refractivity contribution in [2.24, 2.45) is 0 Å². The van der Waals surface area contributed by atoms with Crippen LogP contribution in [0.25, 0.3) is 0 Å². The third-order valence-corrected chi connectivity index (χ3v) is 1.80. The Morgan fingerprint density at radius 1 is 1.33 bits per heavy atom. The molecule has 1 aromatic carbocycles. The highest BCUT2D eigenvalue weighted by molar-refractivity contribution is 5.51. The van der Waals surface area contributed by atoms with Crippen molar-refractivity contribution in [3.8, 4) is 5.75 Å². The summed E-state index contributed by atoms with van der Waals surface area (Å²) in [5.74, 6) is 0.755. The van der Waals surface area contributed by atoms with E-state index < -0.39 is 0 Å². The number of aldehydes is 1. The van der Waals surface area contributed by atoms with Crippen LogP contribution in [0.1, 0.15) is 11.1 Å². The summed E-state index contributed by atoms with van der Waals surface area (Å²) < 4.78 is 5.12. The molecular weight excluding hydrogens is 152 g/mol. The summed E-state index contributed by atoms with van der Waals surface area (Å²) in [5, 5.41) is 0. The first-order valence-electron chi connectivity index (χ1n) is 3.87. The maximum absolute atomic E-state index is 10.0. The molecule has 0 N–H and O–H groups in total. The van der Waals surface area contributed by atoms with Gasteiger partial charge in [0.15, 0.2) is 6.29 Å². The fourth-order valence-corrected chi connectivity index (χ4v) is 0.934. The van der Waals surface area contributed by atoms with Crippen LogP contribution in [0, 0.1) is 13.8 Å². The highest BCUT2D eigenvalue weighted by atomic mass is 16.5. The number of benzene rings is 1. The number of aryl methyl sites for hydroxylation is 2. The molecule has 12 heavy (non-hydrogen) atoms. The summed E-state index contributed by atoms with van der Waals surface area (Å²) in [6, 6.07) is 5.78. The lowest BCUT2D eigenvalue weighted by Crippen LogP contribution is -1.97. The summed E-state index contributed by atoms with van der Waals surface area (Å²) >= 11 is 0. The first kappa shape index (κ1) is 8.78. The van der Waals surface area contributed by atoms with Gasteiger partial charge in [-0.1, -0.05) is 6.07 Å². The van der Waals surface area contributed by atoms with Crippen molar-refractivity contribution in [1.82, 2.24) is 0 Å². The second-order valence-electron chi connectivity index (χ2n) is 2.72. The first-order chi connectivity index (χ1) is 5.74. The van der Waals surface area contributed by atoms with Gasteiger partial charge in [-0.3, -0.25) is 4.79 Å². The van der Waals surface area contributed by atoms with Crippen LogP contribution in [-0.2, 0) is 4.79 Å². The van der Waals surface area contributed by atoms with Crippen molar-refractivity contribution in [3.05, 3.63) is 29.3 Å². The van der Waals surface area contributed by atoms with Crippen LogP contribution in [0.4, 0.5) is 0 Å². The highest BCUT2D eigenvalue weighted by Gasteiger charge is 1.95. The molecule has 0 atom stereocenters. The summed E-state index contributed by atoms with van der Waals surface area (Å²) in [6.45, 7) is 4.18. The van der Waals surface area contributed by atoms with E-state index >= 15 is 0 Å². The van der Waals surface area contributed by atoms with E-state index in [1.807, 2.05) is 32.0 Å². The lowest BCUT2D eigenvalue weighted by Gasteiger charge is -2.04. The predicted octanol–water partition coefficient (Wildman–Crippen LogP) is 1.88. The molecule has 0 bridgehead atoms. The smallest absolute Gasteiger partial charge is 0.157 e. The van der Waals surface area contributed by atoms with Crippen molar-refractivity contribution in [2.45, 2.75) is 13.8 Å². The lowest BCUT2D eigenvalue weighted by molar-refractivity contribution is -0.109. The SMILES string of the molecule is Cc1ccc(OCC=O)cc1C. The summed E-state index contributed by atoms with van der Waals surface area (Å²) in [5.41, 5.74) is 2.41. The zero-order chi connectivity index (χ0) is 8.97. The Morgan fingerprint density at radius 3 is 2.67 bits per heavy atom. The standard InChI is InChI=1S/C10H12O2/c1-8-3-4-10(7-9(8)2)12-6-5-11/h3-5,7H,6H2,1-2H3. The lowest BCUT2D eigenvalue weighted by atomic mass is 10.1. The minimum absolute atomic E-state index is 0.127. The maximum atomic E-state index is 10.0. The van der Waals surface area contributed by atoms with Gasteiger partial charge in [0.05, 0.1) is 0 Å². The third-order valence-electron chi connectivity index (χ3n) is 1.80. The van der Waals surface area contributed by atoms with E-state index in [0.29, 0.717) is 0 Å². The molecular formula is C10H12O2. The van der Waals surface area contributed by atoms with Crippen LogP contribution in [0.15, 0.2) is 18.2 Å². The van der Waals surface area contributed by atoms with Gasteiger partial charge in [0.2, 0.25) is 0 Å². The van der Waals surface area contributed by atoms with E-state index in [-0.39, 0.29) is 6.61 Å². The van der Waals surface area contributed by atoms with E-state index in [0.717, 1.165) is 12.0 Å². The molecule has 2 heteroatoms. The van der Waals surface area contributed by atoms with Gasteiger partial charge in [0.25, 0.3) is 0 Å². The molecule has 0 fully saturated rings. The number of carbonyl (C=O) groups is 1. The van der Waals surface area contributed by atoms with Crippen LogP contribution in [-0.4, -0.2) is 12.9 Å².